The van der Waals surface area contributed by atoms with Gasteiger partial charge in [0.25, 0.3) is 0 Å². The third kappa shape index (κ3) is 3.66. The monoisotopic (exact) mass is 334 g/mol. The summed E-state index contributed by atoms with van der Waals surface area (Å²) in [6.45, 7) is 2.53. The molecule has 1 fully saturated rings. The molecule has 0 bridgehead atoms. The van der Waals surface area contributed by atoms with Gasteiger partial charge in [0.05, 0.1) is 11.9 Å². The minimum absolute atomic E-state index is 0.0101. The van der Waals surface area contributed by atoms with Gasteiger partial charge in [-0.2, -0.15) is 0 Å². The Balaban J connectivity index is 2.04. The summed E-state index contributed by atoms with van der Waals surface area (Å²) in [5.41, 5.74) is 0.930. The highest BCUT2D eigenvalue weighted by molar-refractivity contribution is 9.10. The van der Waals surface area contributed by atoms with Crippen molar-refractivity contribution in [1.82, 2.24) is 4.98 Å². The molecule has 0 aliphatic carbocycles. The Hall–Kier alpha value is -0.660. The Morgan fingerprint density at radius 1 is 1.61 bits per heavy atom. The van der Waals surface area contributed by atoms with Crippen molar-refractivity contribution < 1.29 is 13.2 Å². The number of hydrogen-bond donors (Lipinski definition) is 1. The van der Waals surface area contributed by atoms with Gasteiger partial charge in [-0.1, -0.05) is 0 Å². The smallest absolute Gasteiger partial charge is 0.236 e. The lowest BCUT2D eigenvalue weighted by molar-refractivity contribution is 0.127. The van der Waals surface area contributed by atoms with E-state index in [1.54, 1.807) is 12.3 Å². The van der Waals surface area contributed by atoms with Gasteiger partial charge in [-0.25, -0.2) is 13.4 Å². The topological polar surface area (TPSA) is 68.3 Å². The van der Waals surface area contributed by atoms with E-state index in [-0.39, 0.29) is 11.9 Å². The van der Waals surface area contributed by atoms with Gasteiger partial charge in [-0.05, 0) is 47.3 Å². The zero-order chi connectivity index (χ0) is 13.2. The van der Waals surface area contributed by atoms with Crippen molar-refractivity contribution in [2.45, 2.75) is 25.9 Å². The SMILES string of the molecule is Cc1cc(NS(=O)(=O)CC2CCCO2)ncc1Br. The van der Waals surface area contributed by atoms with Crippen LogP contribution < -0.4 is 4.72 Å². The summed E-state index contributed by atoms with van der Waals surface area (Å²) in [6, 6.07) is 1.69. The molecule has 1 unspecified atom stereocenters. The van der Waals surface area contributed by atoms with Crippen molar-refractivity contribution >= 4 is 31.8 Å². The third-order valence-electron chi connectivity index (χ3n) is 2.74. The number of pyridine rings is 1. The van der Waals surface area contributed by atoms with Crippen LogP contribution in [0, 0.1) is 6.92 Å². The van der Waals surface area contributed by atoms with E-state index in [1.807, 2.05) is 6.92 Å². The summed E-state index contributed by atoms with van der Waals surface area (Å²) in [6.07, 6.45) is 3.11. The van der Waals surface area contributed by atoms with Gasteiger partial charge in [-0.15, -0.1) is 0 Å². The van der Waals surface area contributed by atoms with E-state index in [1.165, 1.54) is 0 Å². The first kappa shape index (κ1) is 13.8. The number of sulfonamides is 1. The number of aromatic nitrogens is 1. The van der Waals surface area contributed by atoms with Gasteiger partial charge in [0.2, 0.25) is 10.0 Å². The van der Waals surface area contributed by atoms with Crippen molar-refractivity contribution in [2.75, 3.05) is 17.1 Å². The van der Waals surface area contributed by atoms with Crippen LogP contribution in [-0.2, 0) is 14.8 Å². The van der Waals surface area contributed by atoms with Gasteiger partial charge in [-0.3, -0.25) is 4.72 Å². The number of hydrogen-bond acceptors (Lipinski definition) is 4. The summed E-state index contributed by atoms with van der Waals surface area (Å²) < 4.78 is 32.5. The van der Waals surface area contributed by atoms with Crippen molar-refractivity contribution in [1.29, 1.82) is 0 Å². The van der Waals surface area contributed by atoms with Gasteiger partial charge >= 0.3 is 0 Å². The Labute approximate surface area is 115 Å². The molecular weight excluding hydrogens is 320 g/mol. The second-order valence-corrected chi connectivity index (χ2v) is 6.96. The Morgan fingerprint density at radius 2 is 2.39 bits per heavy atom. The molecule has 1 atom stereocenters. The predicted molar refractivity (Wildman–Crippen MR) is 73.1 cm³/mol. The van der Waals surface area contributed by atoms with Crippen molar-refractivity contribution in [2.24, 2.45) is 0 Å². The third-order valence-corrected chi connectivity index (χ3v) is 4.90. The standard InChI is InChI=1S/C11H15BrN2O3S/c1-8-5-11(13-6-10(8)12)14-18(15,16)7-9-3-2-4-17-9/h5-6,9H,2-4,7H2,1H3,(H,13,14). The predicted octanol–water partition coefficient (Wildman–Crippen LogP) is 2.07. The number of nitrogens with one attached hydrogen (secondary N) is 1. The number of ether oxygens (including phenoxy) is 1. The second-order valence-electron chi connectivity index (χ2n) is 4.34. The maximum Gasteiger partial charge on any atom is 0.236 e. The summed E-state index contributed by atoms with van der Waals surface area (Å²) in [5.74, 6) is 0.331. The lowest BCUT2D eigenvalue weighted by Crippen LogP contribution is -2.26. The molecule has 1 aliphatic rings. The first-order valence-electron chi connectivity index (χ1n) is 5.70. The maximum absolute atomic E-state index is 11.9. The van der Waals surface area contributed by atoms with E-state index < -0.39 is 10.0 Å². The Bertz CT molecular complexity index is 527. The molecule has 5 nitrogen and oxygen atoms in total. The van der Waals surface area contributed by atoms with Crippen molar-refractivity contribution in [3.63, 3.8) is 0 Å². The molecule has 1 N–H and O–H groups in total. The van der Waals surface area contributed by atoms with E-state index in [9.17, 15) is 8.42 Å². The summed E-state index contributed by atoms with van der Waals surface area (Å²) in [4.78, 5) is 4.02. The van der Waals surface area contributed by atoms with Crippen LogP contribution in [0.15, 0.2) is 16.7 Å². The molecule has 2 rings (SSSR count). The van der Waals surface area contributed by atoms with Gasteiger partial charge in [0.1, 0.15) is 5.82 Å². The molecule has 2 heterocycles. The molecule has 0 spiro atoms. The van der Waals surface area contributed by atoms with Crippen LogP contribution in [0.5, 0.6) is 0 Å². The zero-order valence-electron chi connectivity index (χ0n) is 10.0. The van der Waals surface area contributed by atoms with E-state index >= 15 is 0 Å². The van der Waals surface area contributed by atoms with Crippen LogP contribution in [0.3, 0.4) is 0 Å². The van der Waals surface area contributed by atoms with Crippen LogP contribution >= 0.6 is 15.9 Å². The number of rotatable bonds is 4. The van der Waals surface area contributed by atoms with Crippen LogP contribution in [-0.4, -0.2) is 31.9 Å². The quantitative estimate of drug-likeness (QED) is 0.915. The minimum Gasteiger partial charge on any atom is -0.377 e. The Morgan fingerprint density at radius 3 is 3.00 bits per heavy atom. The number of halogens is 1. The molecule has 1 aromatic heterocycles. The average molecular weight is 335 g/mol. The fraction of sp³-hybridized carbons (Fsp3) is 0.545. The molecule has 1 aliphatic heterocycles. The first-order valence-corrected chi connectivity index (χ1v) is 8.15. The molecule has 0 amide bonds. The first-order chi connectivity index (χ1) is 8.46. The van der Waals surface area contributed by atoms with E-state index in [0.717, 1.165) is 22.9 Å². The molecule has 18 heavy (non-hydrogen) atoms. The van der Waals surface area contributed by atoms with Crippen LogP contribution in [0.2, 0.25) is 0 Å². The van der Waals surface area contributed by atoms with Crippen molar-refractivity contribution in [3.8, 4) is 0 Å². The molecule has 1 saturated heterocycles. The summed E-state index contributed by atoms with van der Waals surface area (Å²) in [7, 11) is -3.40. The zero-order valence-corrected chi connectivity index (χ0v) is 12.4. The highest BCUT2D eigenvalue weighted by atomic mass is 79.9. The van der Waals surface area contributed by atoms with E-state index in [2.05, 4.69) is 25.6 Å². The molecule has 1 aromatic rings. The second kappa shape index (κ2) is 5.54. The average Bonchev–Trinajstić information content (AvgIpc) is 2.75. The molecule has 100 valence electrons. The Kier molecular flexibility index (Phi) is 4.24. The maximum atomic E-state index is 11.9. The lowest BCUT2D eigenvalue weighted by Gasteiger charge is -2.12. The number of anilines is 1. The van der Waals surface area contributed by atoms with Crippen LogP contribution in [0.1, 0.15) is 18.4 Å². The lowest BCUT2D eigenvalue weighted by atomic mass is 10.3. The van der Waals surface area contributed by atoms with Crippen LogP contribution in [0.4, 0.5) is 5.82 Å². The summed E-state index contributed by atoms with van der Waals surface area (Å²) >= 11 is 3.32. The van der Waals surface area contributed by atoms with Gasteiger partial charge in [0, 0.05) is 17.3 Å². The highest BCUT2D eigenvalue weighted by Gasteiger charge is 2.23. The van der Waals surface area contributed by atoms with Gasteiger partial charge < -0.3 is 4.74 Å². The fourth-order valence-electron chi connectivity index (χ4n) is 1.82. The molecule has 0 aromatic carbocycles. The largest absolute Gasteiger partial charge is 0.377 e. The van der Waals surface area contributed by atoms with Crippen molar-refractivity contribution in [3.05, 3.63) is 22.3 Å². The minimum atomic E-state index is -3.40. The van der Waals surface area contributed by atoms with E-state index in [0.29, 0.717) is 12.4 Å². The fourth-order valence-corrected chi connectivity index (χ4v) is 3.30. The van der Waals surface area contributed by atoms with Gasteiger partial charge in [0.15, 0.2) is 0 Å². The van der Waals surface area contributed by atoms with E-state index in [4.69, 9.17) is 4.74 Å². The van der Waals surface area contributed by atoms with Crippen LogP contribution in [0.25, 0.3) is 0 Å². The normalized spacial score (nSPS) is 20.0. The molecule has 0 saturated carbocycles. The molecule has 0 radical (unpaired) electrons. The summed E-state index contributed by atoms with van der Waals surface area (Å²) in [5, 5.41) is 0. The highest BCUT2D eigenvalue weighted by Crippen LogP contribution is 2.19. The molecular formula is C11H15BrN2O3S. The molecule has 7 heteroatoms. The number of nitrogens with zero attached hydrogens (tertiary/aromatic N) is 1. The number of aryl methyl sites for hydroxylation is 1.